The van der Waals surface area contributed by atoms with Gasteiger partial charge in [-0.15, -0.1) is 0 Å². The fourth-order valence-electron chi connectivity index (χ4n) is 2.95. The summed E-state index contributed by atoms with van der Waals surface area (Å²) in [6.07, 6.45) is 3.27. The van der Waals surface area contributed by atoms with E-state index >= 15 is 0 Å². The van der Waals surface area contributed by atoms with Crippen LogP contribution < -0.4 is 10.7 Å². The number of carbonyl (C=O) groups excluding carboxylic acids is 1. The Bertz CT molecular complexity index is 1180. The summed E-state index contributed by atoms with van der Waals surface area (Å²) in [7, 11) is 1.70. The molecular weight excluding hydrogens is 342 g/mol. The molecule has 0 saturated heterocycles. The average molecular weight is 359 g/mol. The highest BCUT2D eigenvalue weighted by Crippen LogP contribution is 2.11. The summed E-state index contributed by atoms with van der Waals surface area (Å²) in [6.45, 7) is 0.590. The van der Waals surface area contributed by atoms with E-state index in [0.717, 1.165) is 5.56 Å². The van der Waals surface area contributed by atoms with Crippen LogP contribution >= 0.6 is 0 Å². The molecule has 134 valence electrons. The highest BCUT2D eigenvalue weighted by Gasteiger charge is 2.17. The van der Waals surface area contributed by atoms with Crippen molar-refractivity contribution >= 4 is 22.5 Å². The van der Waals surface area contributed by atoms with Gasteiger partial charge in [-0.3, -0.25) is 19.0 Å². The van der Waals surface area contributed by atoms with Gasteiger partial charge in [-0.2, -0.15) is 10.2 Å². The predicted molar refractivity (Wildman–Crippen MR) is 103 cm³/mol. The lowest BCUT2D eigenvalue weighted by Crippen LogP contribution is -2.26. The van der Waals surface area contributed by atoms with E-state index in [9.17, 15) is 9.59 Å². The number of amides is 1. The summed E-state index contributed by atoms with van der Waals surface area (Å²) in [6, 6.07) is 16.9. The van der Waals surface area contributed by atoms with Gasteiger partial charge in [0.05, 0.1) is 23.9 Å². The molecule has 0 atom stereocenters. The smallest absolute Gasteiger partial charge is 0.280 e. The van der Waals surface area contributed by atoms with Crippen LogP contribution in [-0.4, -0.2) is 25.5 Å². The van der Waals surface area contributed by atoms with E-state index in [1.165, 1.54) is 4.68 Å². The van der Waals surface area contributed by atoms with Gasteiger partial charge >= 0.3 is 0 Å². The maximum Gasteiger partial charge on any atom is 0.280 e. The number of para-hydroxylation sites is 1. The van der Waals surface area contributed by atoms with E-state index < -0.39 is 11.3 Å². The Balaban J connectivity index is 1.57. The number of anilines is 1. The van der Waals surface area contributed by atoms with E-state index in [2.05, 4.69) is 15.5 Å². The maximum atomic E-state index is 12.6. The zero-order chi connectivity index (χ0) is 18.8. The number of rotatable bonds is 4. The topological polar surface area (TPSA) is 81.8 Å². The molecule has 4 rings (SSSR count). The number of hydrogen-bond acceptors (Lipinski definition) is 4. The predicted octanol–water partition coefficient (Wildman–Crippen LogP) is 2.43. The first-order valence-electron chi connectivity index (χ1n) is 8.45. The van der Waals surface area contributed by atoms with Crippen LogP contribution in [0.15, 0.2) is 71.8 Å². The molecule has 0 unspecified atom stereocenters. The van der Waals surface area contributed by atoms with Gasteiger partial charge in [-0.25, -0.2) is 0 Å². The molecule has 0 bridgehead atoms. The SMILES string of the molecule is Cn1nc(C(=O)Nc2cnn(Cc3ccccc3)c2)c(=O)c2ccccc21. The Morgan fingerprint density at radius 2 is 1.81 bits per heavy atom. The Morgan fingerprint density at radius 1 is 1.07 bits per heavy atom. The first-order chi connectivity index (χ1) is 13.1. The summed E-state index contributed by atoms with van der Waals surface area (Å²) < 4.78 is 3.25. The number of aryl methyl sites for hydroxylation is 1. The number of fused-ring (bicyclic) bond motifs is 1. The lowest BCUT2D eigenvalue weighted by Gasteiger charge is -2.07. The molecule has 0 radical (unpaired) electrons. The van der Waals surface area contributed by atoms with Gasteiger partial charge in [-0.1, -0.05) is 42.5 Å². The number of hydrogen-bond donors (Lipinski definition) is 1. The van der Waals surface area contributed by atoms with Gasteiger partial charge < -0.3 is 5.32 Å². The third-order valence-electron chi connectivity index (χ3n) is 4.26. The normalized spacial score (nSPS) is 10.9. The Morgan fingerprint density at radius 3 is 2.63 bits per heavy atom. The second kappa shape index (κ2) is 6.87. The summed E-state index contributed by atoms with van der Waals surface area (Å²) >= 11 is 0. The molecule has 27 heavy (non-hydrogen) atoms. The molecule has 0 aliphatic heterocycles. The van der Waals surface area contributed by atoms with Crippen molar-refractivity contribution in [2.45, 2.75) is 6.54 Å². The van der Waals surface area contributed by atoms with Crippen LogP contribution in [0.1, 0.15) is 16.1 Å². The highest BCUT2D eigenvalue weighted by atomic mass is 16.2. The molecule has 2 aromatic heterocycles. The largest absolute Gasteiger partial charge is 0.318 e. The zero-order valence-corrected chi connectivity index (χ0v) is 14.7. The van der Waals surface area contributed by atoms with Gasteiger partial charge in [0, 0.05) is 18.6 Å². The molecule has 0 spiro atoms. The van der Waals surface area contributed by atoms with Crippen molar-refractivity contribution in [1.29, 1.82) is 0 Å². The zero-order valence-electron chi connectivity index (χ0n) is 14.7. The Hall–Kier alpha value is -3.74. The lowest BCUT2D eigenvalue weighted by atomic mass is 10.2. The molecule has 2 heterocycles. The quantitative estimate of drug-likeness (QED) is 0.607. The van der Waals surface area contributed by atoms with E-state index in [4.69, 9.17) is 0 Å². The average Bonchev–Trinajstić information content (AvgIpc) is 3.12. The van der Waals surface area contributed by atoms with Crippen LogP contribution in [0, 0.1) is 0 Å². The molecule has 1 amide bonds. The Labute approximate surface area is 154 Å². The third-order valence-corrected chi connectivity index (χ3v) is 4.26. The van der Waals surface area contributed by atoms with Gasteiger partial charge in [0.25, 0.3) is 5.91 Å². The van der Waals surface area contributed by atoms with Crippen molar-refractivity contribution < 1.29 is 4.79 Å². The number of aromatic nitrogens is 4. The minimum atomic E-state index is -0.555. The van der Waals surface area contributed by atoms with E-state index in [-0.39, 0.29) is 5.69 Å². The number of nitrogens with zero attached hydrogens (tertiary/aromatic N) is 4. The van der Waals surface area contributed by atoms with Crippen LogP contribution in [0.3, 0.4) is 0 Å². The lowest BCUT2D eigenvalue weighted by molar-refractivity contribution is 0.101. The molecule has 0 saturated carbocycles. The standard InChI is InChI=1S/C20H17N5O2/c1-24-17-10-6-5-9-16(17)19(26)18(23-24)20(27)22-15-11-21-25(13-15)12-14-7-3-2-4-8-14/h2-11,13H,12H2,1H3,(H,22,27). The van der Waals surface area contributed by atoms with Crippen molar-refractivity contribution in [1.82, 2.24) is 19.6 Å². The van der Waals surface area contributed by atoms with Crippen molar-refractivity contribution in [2.75, 3.05) is 5.32 Å². The summed E-state index contributed by atoms with van der Waals surface area (Å²) in [4.78, 5) is 25.2. The van der Waals surface area contributed by atoms with Crippen molar-refractivity contribution in [3.63, 3.8) is 0 Å². The van der Waals surface area contributed by atoms with Crippen molar-refractivity contribution in [3.8, 4) is 0 Å². The van der Waals surface area contributed by atoms with Crippen LogP contribution in [0.4, 0.5) is 5.69 Å². The van der Waals surface area contributed by atoms with Gasteiger partial charge in [0.2, 0.25) is 5.43 Å². The van der Waals surface area contributed by atoms with Crippen LogP contribution in [0.25, 0.3) is 10.9 Å². The Kier molecular flexibility index (Phi) is 4.25. The molecule has 7 nitrogen and oxygen atoms in total. The monoisotopic (exact) mass is 359 g/mol. The second-order valence-electron chi connectivity index (χ2n) is 6.18. The molecule has 7 heteroatoms. The molecular formula is C20H17N5O2. The summed E-state index contributed by atoms with van der Waals surface area (Å²) in [5.74, 6) is -0.555. The first kappa shape index (κ1) is 16.7. The highest BCUT2D eigenvalue weighted by molar-refractivity contribution is 6.04. The molecule has 4 aromatic rings. The molecule has 0 aliphatic carbocycles. The fourth-order valence-corrected chi connectivity index (χ4v) is 2.95. The van der Waals surface area contributed by atoms with E-state index in [0.29, 0.717) is 23.1 Å². The molecule has 2 aromatic carbocycles. The summed E-state index contributed by atoms with van der Waals surface area (Å²) in [5, 5.41) is 11.5. The van der Waals surface area contributed by atoms with Crippen molar-refractivity contribution in [2.24, 2.45) is 7.05 Å². The number of nitrogens with one attached hydrogen (secondary N) is 1. The molecule has 0 fully saturated rings. The van der Waals surface area contributed by atoms with E-state index in [1.54, 1.807) is 42.3 Å². The minimum Gasteiger partial charge on any atom is -0.318 e. The fraction of sp³-hybridized carbons (Fsp3) is 0.100. The van der Waals surface area contributed by atoms with Gasteiger partial charge in [0.1, 0.15) is 0 Å². The number of carbonyl (C=O) groups is 1. The van der Waals surface area contributed by atoms with Crippen LogP contribution in [0.2, 0.25) is 0 Å². The van der Waals surface area contributed by atoms with E-state index in [1.807, 2.05) is 36.4 Å². The molecule has 0 aliphatic rings. The van der Waals surface area contributed by atoms with Crippen LogP contribution in [0.5, 0.6) is 0 Å². The maximum absolute atomic E-state index is 12.6. The summed E-state index contributed by atoms with van der Waals surface area (Å²) in [5.41, 5.74) is 1.75. The third kappa shape index (κ3) is 3.35. The second-order valence-corrected chi connectivity index (χ2v) is 6.18. The first-order valence-corrected chi connectivity index (χ1v) is 8.45. The van der Waals surface area contributed by atoms with Gasteiger partial charge in [0.15, 0.2) is 5.69 Å². The molecule has 1 N–H and O–H groups in total. The van der Waals surface area contributed by atoms with Crippen LogP contribution in [-0.2, 0) is 13.6 Å². The number of benzene rings is 2. The minimum absolute atomic E-state index is 0.146. The van der Waals surface area contributed by atoms with Crippen molar-refractivity contribution in [3.05, 3.63) is 88.5 Å². The van der Waals surface area contributed by atoms with Gasteiger partial charge in [-0.05, 0) is 17.7 Å².